The van der Waals surface area contributed by atoms with Gasteiger partial charge >= 0.3 is 0 Å². The van der Waals surface area contributed by atoms with Crippen LogP contribution in [0.1, 0.15) is 66.0 Å². The molecule has 0 N–H and O–H groups in total. The predicted molar refractivity (Wildman–Crippen MR) is 138 cm³/mol. The van der Waals surface area contributed by atoms with E-state index >= 15 is 0 Å². The number of fused-ring (bicyclic) bond motifs is 3. The molecule has 5 nitrogen and oxygen atoms in total. The van der Waals surface area contributed by atoms with Crippen LogP contribution in [-0.4, -0.2) is 28.2 Å². The molecule has 1 unspecified atom stereocenters. The minimum atomic E-state index is -0.101. The Kier molecular flexibility index (Phi) is 6.02. The van der Waals surface area contributed by atoms with E-state index in [0.717, 1.165) is 12.2 Å². The van der Waals surface area contributed by atoms with Gasteiger partial charge in [-0.05, 0) is 42.0 Å². The normalized spacial score (nSPS) is 18.3. The maximum absolute atomic E-state index is 13.8. The largest absolute Gasteiger partial charge is 0.315 e. The Morgan fingerprint density at radius 2 is 1.71 bits per heavy atom. The number of carbonyl (C=O) groups excluding carboxylic acids is 1. The molecule has 3 heterocycles. The Balaban J connectivity index is 1.77. The van der Waals surface area contributed by atoms with Gasteiger partial charge in [0.15, 0.2) is 5.43 Å². The first-order chi connectivity index (χ1) is 16.4. The number of benzene rings is 2. The number of hydrogen-bond acceptors (Lipinski definition) is 4. The first kappa shape index (κ1) is 22.8. The molecule has 5 rings (SSSR count). The Hall–Kier alpha value is -2.99. The molecule has 0 spiro atoms. The zero-order chi connectivity index (χ0) is 24.0. The van der Waals surface area contributed by atoms with Crippen LogP contribution in [0.4, 0.5) is 0 Å². The summed E-state index contributed by atoms with van der Waals surface area (Å²) in [5.41, 5.74) is 4.65. The van der Waals surface area contributed by atoms with Crippen molar-refractivity contribution in [2.45, 2.75) is 56.8 Å². The molecule has 0 bridgehead atoms. The van der Waals surface area contributed by atoms with Crippen molar-refractivity contribution in [2.75, 3.05) is 11.7 Å². The summed E-state index contributed by atoms with van der Waals surface area (Å²) in [6, 6.07) is 18.8. The number of carbonyl (C=O) groups is 1. The first-order valence-electron chi connectivity index (χ1n) is 12.0. The second-order valence-corrected chi connectivity index (χ2v) is 10.5. The third-order valence-electron chi connectivity index (χ3n) is 7.19. The number of thioether (sulfide) groups is 1. The fourth-order valence-electron chi connectivity index (χ4n) is 5.45. The van der Waals surface area contributed by atoms with Gasteiger partial charge in [-0.25, -0.2) is 0 Å². The van der Waals surface area contributed by atoms with E-state index in [1.807, 2.05) is 21.3 Å². The van der Waals surface area contributed by atoms with E-state index in [1.54, 1.807) is 19.2 Å². The third kappa shape index (κ3) is 3.65. The molecule has 1 amide bonds. The van der Waals surface area contributed by atoms with Crippen molar-refractivity contribution in [1.29, 1.82) is 0 Å². The van der Waals surface area contributed by atoms with Crippen LogP contribution in [-0.2, 0) is 5.75 Å². The van der Waals surface area contributed by atoms with E-state index in [9.17, 15) is 9.59 Å². The van der Waals surface area contributed by atoms with Crippen LogP contribution in [0.3, 0.4) is 0 Å². The maximum Gasteiger partial charge on any atom is 0.274 e. The van der Waals surface area contributed by atoms with Crippen LogP contribution in [0.25, 0.3) is 0 Å². The fourth-order valence-corrected chi connectivity index (χ4v) is 6.55. The van der Waals surface area contributed by atoms with Crippen molar-refractivity contribution in [3.63, 3.8) is 0 Å². The third-order valence-corrected chi connectivity index (χ3v) is 8.33. The lowest BCUT2D eigenvalue weighted by Gasteiger charge is -2.47. The minimum Gasteiger partial charge on any atom is -0.315 e. The molecule has 2 aliphatic heterocycles. The maximum atomic E-state index is 13.8. The van der Waals surface area contributed by atoms with Gasteiger partial charge < -0.3 is 4.90 Å². The van der Waals surface area contributed by atoms with Gasteiger partial charge in [-0.2, -0.15) is 0 Å². The summed E-state index contributed by atoms with van der Waals surface area (Å²) >= 11 is 1.86. The Bertz CT molecular complexity index is 1250. The average molecular weight is 474 g/mol. The number of hydrogen-bond donors (Lipinski definition) is 0. The van der Waals surface area contributed by atoms with E-state index in [4.69, 9.17) is 0 Å². The standard InChI is InChI=1S/C28H31N3O2S/c1-5-23(18(2)3)29-17-31(30-15-14-24(32)19(4)26(30)28(29)33)27-21-11-7-6-10-20(21)16-34-25-13-9-8-12-22(25)27/h6-15,18,23,27H,5,16-17H2,1-4H3/t23-,27?/m1/s1. The van der Waals surface area contributed by atoms with Crippen LogP contribution >= 0.6 is 11.8 Å². The molecule has 34 heavy (non-hydrogen) atoms. The summed E-state index contributed by atoms with van der Waals surface area (Å²) in [5, 5.41) is 2.28. The highest BCUT2D eigenvalue weighted by Crippen LogP contribution is 2.42. The number of aromatic nitrogens is 1. The van der Waals surface area contributed by atoms with E-state index in [1.165, 1.54) is 21.6 Å². The first-order valence-corrected chi connectivity index (χ1v) is 13.0. The molecule has 0 saturated carbocycles. The Labute approximate surface area is 205 Å². The van der Waals surface area contributed by atoms with Crippen molar-refractivity contribution in [3.8, 4) is 0 Å². The van der Waals surface area contributed by atoms with Crippen LogP contribution in [0, 0.1) is 12.8 Å². The van der Waals surface area contributed by atoms with E-state index in [-0.39, 0.29) is 23.4 Å². The Morgan fingerprint density at radius 1 is 1.00 bits per heavy atom. The second-order valence-electron chi connectivity index (χ2n) is 9.50. The van der Waals surface area contributed by atoms with Crippen molar-refractivity contribution in [2.24, 2.45) is 5.92 Å². The van der Waals surface area contributed by atoms with Gasteiger partial charge in [-0.15, -0.1) is 11.8 Å². The molecule has 0 fully saturated rings. The van der Waals surface area contributed by atoms with Gasteiger partial charge in [-0.1, -0.05) is 63.2 Å². The summed E-state index contributed by atoms with van der Waals surface area (Å²) < 4.78 is 1.94. The van der Waals surface area contributed by atoms with Crippen molar-refractivity contribution >= 4 is 17.7 Å². The van der Waals surface area contributed by atoms with Gasteiger partial charge in [0.25, 0.3) is 5.91 Å². The second kappa shape index (κ2) is 8.99. The highest BCUT2D eigenvalue weighted by molar-refractivity contribution is 7.98. The lowest BCUT2D eigenvalue weighted by Crippen LogP contribution is -2.59. The highest BCUT2D eigenvalue weighted by atomic mass is 32.2. The molecule has 2 aromatic carbocycles. The van der Waals surface area contributed by atoms with E-state index < -0.39 is 0 Å². The predicted octanol–water partition coefficient (Wildman–Crippen LogP) is 5.34. The number of nitrogens with zero attached hydrogens (tertiary/aromatic N) is 3. The Morgan fingerprint density at radius 3 is 2.44 bits per heavy atom. The molecule has 2 aliphatic rings. The van der Waals surface area contributed by atoms with Gasteiger partial charge in [0.2, 0.25) is 0 Å². The molecule has 3 aromatic rings. The van der Waals surface area contributed by atoms with Crippen LogP contribution in [0.5, 0.6) is 0 Å². The fraction of sp³-hybridized carbons (Fsp3) is 0.357. The SMILES string of the molecule is CC[C@H](C(C)C)N1CN(C2c3ccccc3CSc3ccccc32)n2ccc(=O)c(C)c2C1=O. The van der Waals surface area contributed by atoms with Crippen molar-refractivity contribution in [1.82, 2.24) is 9.58 Å². The highest BCUT2D eigenvalue weighted by Gasteiger charge is 2.40. The van der Waals surface area contributed by atoms with Gasteiger partial charge in [-0.3, -0.25) is 19.3 Å². The zero-order valence-corrected chi connectivity index (χ0v) is 21.0. The monoisotopic (exact) mass is 473 g/mol. The molecule has 0 aliphatic carbocycles. The van der Waals surface area contributed by atoms with E-state index in [0.29, 0.717) is 23.8 Å². The molecule has 0 saturated heterocycles. The van der Waals surface area contributed by atoms with Crippen LogP contribution < -0.4 is 10.4 Å². The minimum absolute atomic E-state index is 0.0587. The smallest absolute Gasteiger partial charge is 0.274 e. The number of pyridine rings is 1. The van der Waals surface area contributed by atoms with Gasteiger partial charge in [0.1, 0.15) is 12.4 Å². The number of amides is 1. The number of rotatable bonds is 4. The molecule has 2 atom stereocenters. The molecule has 176 valence electrons. The lowest BCUT2D eigenvalue weighted by molar-refractivity contribution is 0.0527. The molecule has 6 heteroatoms. The lowest BCUT2D eigenvalue weighted by atomic mass is 9.93. The zero-order valence-electron chi connectivity index (χ0n) is 20.2. The summed E-state index contributed by atoms with van der Waals surface area (Å²) in [5.74, 6) is 1.15. The van der Waals surface area contributed by atoms with Gasteiger partial charge in [0.05, 0.1) is 6.04 Å². The van der Waals surface area contributed by atoms with Crippen molar-refractivity contribution < 1.29 is 4.79 Å². The molecular formula is C28H31N3O2S. The van der Waals surface area contributed by atoms with Crippen LogP contribution in [0.2, 0.25) is 0 Å². The quantitative estimate of drug-likeness (QED) is 0.513. The van der Waals surface area contributed by atoms with Gasteiger partial charge in [0, 0.05) is 34.5 Å². The molecule has 0 radical (unpaired) electrons. The van der Waals surface area contributed by atoms with Crippen LogP contribution in [0.15, 0.2) is 70.5 Å². The molecule has 1 aromatic heterocycles. The summed E-state index contributed by atoms with van der Waals surface area (Å²) in [4.78, 5) is 29.7. The van der Waals surface area contributed by atoms with E-state index in [2.05, 4.69) is 74.3 Å². The summed E-state index contributed by atoms with van der Waals surface area (Å²) in [7, 11) is 0. The van der Waals surface area contributed by atoms with Crippen molar-refractivity contribution in [3.05, 3.63) is 99.0 Å². The topological polar surface area (TPSA) is 45.5 Å². The average Bonchev–Trinajstić information content (AvgIpc) is 3.00. The summed E-state index contributed by atoms with van der Waals surface area (Å²) in [6.45, 7) is 8.70. The summed E-state index contributed by atoms with van der Waals surface area (Å²) in [6.07, 6.45) is 2.64. The molecular weight excluding hydrogens is 442 g/mol.